The molecule has 1 atom stereocenters. The van der Waals surface area contributed by atoms with Gasteiger partial charge in [0.25, 0.3) is 0 Å². The van der Waals surface area contributed by atoms with Crippen molar-refractivity contribution in [2.75, 3.05) is 0 Å². The fourth-order valence-electron chi connectivity index (χ4n) is 1.34. The molecule has 3 heteroatoms. The standard InChI is InChI=1S/C12H17NO2/c1-12(2,3)9-6-4-5-8(7-9)10(13)11(14)15/h4-7,10H,13H2,1-3H3,(H,14,15)/t10-/m0/s1. The minimum absolute atomic E-state index is 0.00817. The summed E-state index contributed by atoms with van der Waals surface area (Å²) in [6.45, 7) is 6.25. The largest absolute Gasteiger partial charge is 0.480 e. The lowest BCUT2D eigenvalue weighted by molar-refractivity contribution is -0.138. The first-order chi connectivity index (χ1) is 6.82. The number of rotatable bonds is 2. The molecule has 0 unspecified atom stereocenters. The molecule has 1 aromatic carbocycles. The maximum atomic E-state index is 10.7. The molecule has 3 nitrogen and oxygen atoms in total. The number of aliphatic carboxylic acids is 1. The predicted octanol–water partition coefficient (Wildman–Crippen LogP) is 2.07. The van der Waals surface area contributed by atoms with Crippen molar-refractivity contribution in [3.8, 4) is 0 Å². The average Bonchev–Trinajstić information content (AvgIpc) is 2.15. The van der Waals surface area contributed by atoms with Crippen LogP contribution in [-0.2, 0) is 10.2 Å². The van der Waals surface area contributed by atoms with Gasteiger partial charge in [-0.15, -0.1) is 0 Å². The Morgan fingerprint density at radius 3 is 2.47 bits per heavy atom. The average molecular weight is 207 g/mol. The Kier molecular flexibility index (Phi) is 3.15. The minimum atomic E-state index is -0.999. The summed E-state index contributed by atoms with van der Waals surface area (Å²) in [5, 5.41) is 8.80. The van der Waals surface area contributed by atoms with Gasteiger partial charge in [0.1, 0.15) is 6.04 Å². The van der Waals surface area contributed by atoms with Crippen LogP contribution in [0.5, 0.6) is 0 Å². The number of hydrogen-bond donors (Lipinski definition) is 2. The van der Waals surface area contributed by atoms with Gasteiger partial charge in [0.2, 0.25) is 0 Å². The highest BCUT2D eigenvalue weighted by Gasteiger charge is 2.18. The lowest BCUT2D eigenvalue weighted by Gasteiger charge is -2.20. The van der Waals surface area contributed by atoms with E-state index in [1.807, 2.05) is 18.2 Å². The van der Waals surface area contributed by atoms with E-state index in [0.29, 0.717) is 5.56 Å². The van der Waals surface area contributed by atoms with Gasteiger partial charge in [0.15, 0.2) is 0 Å². The summed E-state index contributed by atoms with van der Waals surface area (Å²) < 4.78 is 0. The molecular weight excluding hydrogens is 190 g/mol. The van der Waals surface area contributed by atoms with Crippen LogP contribution in [0, 0.1) is 0 Å². The molecule has 1 rings (SSSR count). The molecule has 0 aliphatic heterocycles. The Morgan fingerprint density at radius 1 is 1.40 bits per heavy atom. The monoisotopic (exact) mass is 207 g/mol. The first-order valence-corrected chi connectivity index (χ1v) is 4.91. The molecular formula is C12H17NO2. The van der Waals surface area contributed by atoms with Crippen LogP contribution in [0.3, 0.4) is 0 Å². The van der Waals surface area contributed by atoms with Gasteiger partial charge in [-0.05, 0) is 16.5 Å². The fourth-order valence-corrected chi connectivity index (χ4v) is 1.34. The van der Waals surface area contributed by atoms with Gasteiger partial charge in [0.05, 0.1) is 0 Å². The van der Waals surface area contributed by atoms with Crippen LogP contribution < -0.4 is 5.73 Å². The molecule has 0 radical (unpaired) electrons. The highest BCUT2D eigenvalue weighted by molar-refractivity contribution is 5.75. The number of carboxylic acids is 1. The van der Waals surface area contributed by atoms with E-state index < -0.39 is 12.0 Å². The third-order valence-electron chi connectivity index (χ3n) is 2.38. The van der Waals surface area contributed by atoms with Crippen molar-refractivity contribution in [1.82, 2.24) is 0 Å². The summed E-state index contributed by atoms with van der Waals surface area (Å²) in [5.41, 5.74) is 7.30. The zero-order chi connectivity index (χ0) is 11.6. The Morgan fingerprint density at radius 2 is 2.00 bits per heavy atom. The Bertz CT molecular complexity index is 366. The number of benzene rings is 1. The van der Waals surface area contributed by atoms with E-state index in [2.05, 4.69) is 20.8 Å². The second-order valence-electron chi connectivity index (χ2n) is 4.69. The molecule has 0 heterocycles. The van der Waals surface area contributed by atoms with Crippen LogP contribution >= 0.6 is 0 Å². The summed E-state index contributed by atoms with van der Waals surface area (Å²) in [4.78, 5) is 10.7. The Balaban J connectivity index is 3.08. The maximum absolute atomic E-state index is 10.7. The van der Waals surface area contributed by atoms with E-state index >= 15 is 0 Å². The number of carbonyl (C=O) groups is 1. The number of hydrogen-bond acceptors (Lipinski definition) is 2. The van der Waals surface area contributed by atoms with E-state index in [9.17, 15) is 4.79 Å². The first-order valence-electron chi connectivity index (χ1n) is 4.91. The van der Waals surface area contributed by atoms with E-state index in [-0.39, 0.29) is 5.41 Å². The van der Waals surface area contributed by atoms with Crippen molar-refractivity contribution in [3.05, 3.63) is 35.4 Å². The summed E-state index contributed by atoms with van der Waals surface area (Å²) in [6, 6.07) is 6.50. The van der Waals surface area contributed by atoms with Crippen LogP contribution in [-0.4, -0.2) is 11.1 Å². The fraction of sp³-hybridized carbons (Fsp3) is 0.417. The number of carboxylic acid groups (broad SMARTS) is 1. The van der Waals surface area contributed by atoms with Crippen molar-refractivity contribution in [2.24, 2.45) is 5.73 Å². The second-order valence-corrected chi connectivity index (χ2v) is 4.69. The molecule has 1 aromatic rings. The minimum Gasteiger partial charge on any atom is -0.480 e. The van der Waals surface area contributed by atoms with E-state index in [4.69, 9.17) is 10.8 Å². The van der Waals surface area contributed by atoms with Gasteiger partial charge in [-0.1, -0.05) is 45.0 Å². The molecule has 0 aromatic heterocycles. The van der Waals surface area contributed by atoms with Gasteiger partial charge >= 0.3 is 5.97 Å². The van der Waals surface area contributed by atoms with Crippen molar-refractivity contribution < 1.29 is 9.90 Å². The predicted molar refractivity (Wildman–Crippen MR) is 59.7 cm³/mol. The van der Waals surface area contributed by atoms with Gasteiger partial charge in [-0.3, -0.25) is 4.79 Å². The lowest BCUT2D eigenvalue weighted by Crippen LogP contribution is -2.21. The quantitative estimate of drug-likeness (QED) is 0.780. The SMILES string of the molecule is CC(C)(C)c1cccc([C@H](N)C(=O)O)c1. The lowest BCUT2D eigenvalue weighted by atomic mass is 9.85. The molecule has 0 aliphatic rings. The first kappa shape index (κ1) is 11.7. The van der Waals surface area contributed by atoms with Crippen LogP contribution in [0.1, 0.15) is 37.9 Å². The highest BCUT2D eigenvalue weighted by atomic mass is 16.4. The van der Waals surface area contributed by atoms with Gasteiger partial charge in [-0.2, -0.15) is 0 Å². The summed E-state index contributed by atoms with van der Waals surface area (Å²) in [6.07, 6.45) is 0. The summed E-state index contributed by atoms with van der Waals surface area (Å²) >= 11 is 0. The third kappa shape index (κ3) is 2.80. The smallest absolute Gasteiger partial charge is 0.325 e. The summed E-state index contributed by atoms with van der Waals surface area (Å²) in [5.74, 6) is -0.999. The second kappa shape index (κ2) is 4.03. The molecule has 0 amide bonds. The van der Waals surface area contributed by atoms with Gasteiger partial charge < -0.3 is 10.8 Å². The molecule has 0 aliphatic carbocycles. The number of nitrogens with two attached hydrogens (primary N) is 1. The van der Waals surface area contributed by atoms with E-state index in [1.54, 1.807) is 6.07 Å². The molecule has 15 heavy (non-hydrogen) atoms. The molecule has 0 bridgehead atoms. The van der Waals surface area contributed by atoms with Crippen LogP contribution in [0.25, 0.3) is 0 Å². The van der Waals surface area contributed by atoms with Crippen LogP contribution in [0.4, 0.5) is 0 Å². The van der Waals surface area contributed by atoms with E-state index in [0.717, 1.165) is 5.56 Å². The molecule has 0 saturated carbocycles. The van der Waals surface area contributed by atoms with Crippen molar-refractivity contribution in [1.29, 1.82) is 0 Å². The van der Waals surface area contributed by atoms with Crippen molar-refractivity contribution >= 4 is 5.97 Å². The van der Waals surface area contributed by atoms with E-state index in [1.165, 1.54) is 0 Å². The van der Waals surface area contributed by atoms with Crippen LogP contribution in [0.2, 0.25) is 0 Å². The molecule has 0 fully saturated rings. The zero-order valence-electron chi connectivity index (χ0n) is 9.32. The molecule has 82 valence electrons. The third-order valence-corrected chi connectivity index (χ3v) is 2.38. The Hall–Kier alpha value is -1.35. The molecule has 3 N–H and O–H groups in total. The van der Waals surface area contributed by atoms with Crippen LogP contribution in [0.15, 0.2) is 24.3 Å². The van der Waals surface area contributed by atoms with Gasteiger partial charge in [0, 0.05) is 0 Å². The topological polar surface area (TPSA) is 63.3 Å². The normalized spacial score (nSPS) is 13.6. The molecule has 0 saturated heterocycles. The Labute approximate surface area is 89.9 Å². The van der Waals surface area contributed by atoms with Crippen molar-refractivity contribution in [2.45, 2.75) is 32.2 Å². The highest BCUT2D eigenvalue weighted by Crippen LogP contribution is 2.24. The zero-order valence-corrected chi connectivity index (χ0v) is 9.32. The maximum Gasteiger partial charge on any atom is 0.325 e. The summed E-state index contributed by atoms with van der Waals surface area (Å²) in [7, 11) is 0. The van der Waals surface area contributed by atoms with Crippen molar-refractivity contribution in [3.63, 3.8) is 0 Å². The van der Waals surface area contributed by atoms with Gasteiger partial charge in [-0.25, -0.2) is 0 Å². The molecule has 0 spiro atoms.